The molecule has 0 bridgehead atoms. The molecule has 0 aliphatic heterocycles. The van der Waals surface area contributed by atoms with E-state index in [1.807, 2.05) is 0 Å². The van der Waals surface area contributed by atoms with E-state index in [0.29, 0.717) is 12.0 Å². The van der Waals surface area contributed by atoms with Crippen molar-refractivity contribution in [3.05, 3.63) is 35.4 Å². The smallest absolute Gasteiger partial charge is 0.335 e. The van der Waals surface area contributed by atoms with Crippen molar-refractivity contribution in [1.82, 2.24) is 0 Å². The van der Waals surface area contributed by atoms with E-state index < -0.39 is 11.9 Å². The standard InChI is InChI=1S/C12H12F2O2/c13-12(14)5-4-10(7-12)8-2-1-3-9(6-8)11(15)16/h1-3,6,10H,4-5,7H2,(H,15,16). The topological polar surface area (TPSA) is 37.3 Å². The SMILES string of the molecule is O=C(O)c1cccc(C2CCC(F)(F)C2)c1. The highest BCUT2D eigenvalue weighted by molar-refractivity contribution is 5.87. The monoisotopic (exact) mass is 226 g/mol. The van der Waals surface area contributed by atoms with Crippen LogP contribution in [0.3, 0.4) is 0 Å². The van der Waals surface area contributed by atoms with Gasteiger partial charge in [-0.1, -0.05) is 12.1 Å². The number of carboxylic acid groups (broad SMARTS) is 1. The van der Waals surface area contributed by atoms with Gasteiger partial charge in [-0.15, -0.1) is 0 Å². The molecule has 0 heterocycles. The second-order valence-electron chi connectivity index (χ2n) is 4.23. The lowest BCUT2D eigenvalue weighted by Crippen LogP contribution is -2.09. The summed E-state index contributed by atoms with van der Waals surface area (Å²) in [4.78, 5) is 10.7. The first-order valence-electron chi connectivity index (χ1n) is 5.19. The molecule has 0 spiro atoms. The van der Waals surface area contributed by atoms with Crippen LogP contribution in [0, 0.1) is 0 Å². The van der Waals surface area contributed by atoms with E-state index >= 15 is 0 Å². The van der Waals surface area contributed by atoms with Crippen molar-refractivity contribution < 1.29 is 18.7 Å². The fourth-order valence-corrected chi connectivity index (χ4v) is 2.16. The molecule has 4 heteroatoms. The number of halogens is 2. The van der Waals surface area contributed by atoms with Crippen LogP contribution in [-0.2, 0) is 0 Å². The van der Waals surface area contributed by atoms with E-state index in [2.05, 4.69) is 0 Å². The number of hydrogen-bond donors (Lipinski definition) is 1. The predicted molar refractivity (Wildman–Crippen MR) is 54.9 cm³/mol. The molecule has 0 amide bonds. The summed E-state index contributed by atoms with van der Waals surface area (Å²) in [6.07, 6.45) is 0.154. The Morgan fingerprint density at radius 3 is 2.75 bits per heavy atom. The Morgan fingerprint density at radius 2 is 2.19 bits per heavy atom. The molecule has 2 nitrogen and oxygen atoms in total. The largest absolute Gasteiger partial charge is 0.478 e. The summed E-state index contributed by atoms with van der Waals surface area (Å²) in [6.45, 7) is 0. The van der Waals surface area contributed by atoms with Gasteiger partial charge in [0.15, 0.2) is 0 Å². The number of hydrogen-bond acceptors (Lipinski definition) is 1. The van der Waals surface area contributed by atoms with Crippen molar-refractivity contribution in [2.45, 2.75) is 31.1 Å². The molecule has 16 heavy (non-hydrogen) atoms. The Balaban J connectivity index is 2.22. The lowest BCUT2D eigenvalue weighted by molar-refractivity contribution is 0.00776. The summed E-state index contributed by atoms with van der Waals surface area (Å²) < 4.78 is 26.0. The molecule has 2 rings (SSSR count). The summed E-state index contributed by atoms with van der Waals surface area (Å²) in [5.74, 6) is -3.83. The van der Waals surface area contributed by atoms with Crippen LogP contribution in [0.1, 0.15) is 41.1 Å². The molecule has 1 fully saturated rings. The molecule has 86 valence electrons. The average Bonchev–Trinajstić information content (AvgIpc) is 2.59. The van der Waals surface area contributed by atoms with Gasteiger partial charge < -0.3 is 5.11 Å². The molecule has 1 aromatic carbocycles. The average molecular weight is 226 g/mol. The third-order valence-corrected chi connectivity index (χ3v) is 3.01. The number of benzene rings is 1. The molecule has 1 aromatic rings. The zero-order valence-electron chi connectivity index (χ0n) is 8.62. The highest BCUT2D eigenvalue weighted by atomic mass is 19.3. The Morgan fingerprint density at radius 1 is 1.44 bits per heavy atom. The van der Waals surface area contributed by atoms with E-state index in [1.54, 1.807) is 12.1 Å². The van der Waals surface area contributed by atoms with Crippen molar-refractivity contribution in [3.8, 4) is 0 Å². The van der Waals surface area contributed by atoms with Gasteiger partial charge in [-0.25, -0.2) is 13.6 Å². The maximum atomic E-state index is 13.0. The first-order chi connectivity index (χ1) is 7.48. The van der Waals surface area contributed by atoms with E-state index in [-0.39, 0.29) is 24.3 Å². The third-order valence-electron chi connectivity index (χ3n) is 3.01. The second kappa shape index (κ2) is 3.85. The third kappa shape index (κ3) is 2.21. The lowest BCUT2D eigenvalue weighted by Gasteiger charge is -2.11. The highest BCUT2D eigenvalue weighted by Crippen LogP contribution is 2.44. The fraction of sp³-hybridized carbons (Fsp3) is 0.417. The molecule has 0 radical (unpaired) electrons. The number of aromatic carboxylic acids is 1. The second-order valence-corrected chi connectivity index (χ2v) is 4.23. The van der Waals surface area contributed by atoms with Gasteiger partial charge in [-0.2, -0.15) is 0 Å². The van der Waals surface area contributed by atoms with Crippen LogP contribution in [0.15, 0.2) is 24.3 Å². The molecule has 1 saturated carbocycles. The highest BCUT2D eigenvalue weighted by Gasteiger charge is 2.39. The quantitative estimate of drug-likeness (QED) is 0.840. The molecule has 1 unspecified atom stereocenters. The van der Waals surface area contributed by atoms with Crippen molar-refractivity contribution in [2.75, 3.05) is 0 Å². The van der Waals surface area contributed by atoms with Gasteiger partial charge in [-0.05, 0) is 30.0 Å². The maximum Gasteiger partial charge on any atom is 0.335 e. The molecule has 1 aliphatic rings. The van der Waals surface area contributed by atoms with Gasteiger partial charge in [0.25, 0.3) is 0 Å². The van der Waals surface area contributed by atoms with Crippen LogP contribution in [-0.4, -0.2) is 17.0 Å². The lowest BCUT2D eigenvalue weighted by atomic mass is 9.96. The molecule has 1 aliphatic carbocycles. The van der Waals surface area contributed by atoms with Crippen LogP contribution in [0.25, 0.3) is 0 Å². The number of carboxylic acids is 1. The minimum Gasteiger partial charge on any atom is -0.478 e. The Hall–Kier alpha value is -1.45. The zero-order chi connectivity index (χ0) is 11.8. The van der Waals surface area contributed by atoms with E-state index in [4.69, 9.17) is 5.11 Å². The van der Waals surface area contributed by atoms with E-state index in [0.717, 1.165) is 0 Å². The number of alkyl halides is 2. The molecule has 0 aromatic heterocycles. The van der Waals surface area contributed by atoms with Gasteiger partial charge in [0, 0.05) is 12.8 Å². The number of carbonyl (C=O) groups is 1. The van der Waals surface area contributed by atoms with E-state index in [9.17, 15) is 13.6 Å². The predicted octanol–water partition coefficient (Wildman–Crippen LogP) is 3.29. The minimum absolute atomic E-state index is 0.102. The van der Waals surface area contributed by atoms with Gasteiger partial charge >= 0.3 is 5.97 Å². The molecule has 1 atom stereocenters. The summed E-state index contributed by atoms with van der Waals surface area (Å²) in [7, 11) is 0. The van der Waals surface area contributed by atoms with Crippen LogP contribution in [0.5, 0.6) is 0 Å². The van der Waals surface area contributed by atoms with Crippen molar-refractivity contribution in [3.63, 3.8) is 0 Å². The van der Waals surface area contributed by atoms with E-state index in [1.165, 1.54) is 12.1 Å². The Bertz CT molecular complexity index is 415. The van der Waals surface area contributed by atoms with Crippen molar-refractivity contribution in [2.24, 2.45) is 0 Å². The van der Waals surface area contributed by atoms with Crippen molar-refractivity contribution >= 4 is 5.97 Å². The molecular formula is C12H12F2O2. The van der Waals surface area contributed by atoms with Gasteiger partial charge in [0.1, 0.15) is 0 Å². The zero-order valence-corrected chi connectivity index (χ0v) is 8.62. The fourth-order valence-electron chi connectivity index (χ4n) is 2.16. The molecule has 0 saturated heterocycles. The summed E-state index contributed by atoms with van der Waals surface area (Å²) in [6, 6.07) is 6.29. The van der Waals surface area contributed by atoms with Crippen LogP contribution < -0.4 is 0 Å². The Labute approximate surface area is 91.9 Å². The first kappa shape index (κ1) is 11.0. The van der Waals surface area contributed by atoms with Crippen molar-refractivity contribution in [1.29, 1.82) is 0 Å². The summed E-state index contributed by atoms with van der Waals surface area (Å²) in [5.41, 5.74) is 0.866. The van der Waals surface area contributed by atoms with Crippen LogP contribution >= 0.6 is 0 Å². The van der Waals surface area contributed by atoms with Crippen LogP contribution in [0.2, 0.25) is 0 Å². The van der Waals surface area contributed by atoms with Gasteiger partial charge in [0.2, 0.25) is 5.92 Å². The number of rotatable bonds is 2. The molecular weight excluding hydrogens is 214 g/mol. The minimum atomic E-state index is -2.59. The van der Waals surface area contributed by atoms with Gasteiger partial charge in [-0.3, -0.25) is 0 Å². The molecule has 1 N–H and O–H groups in total. The first-order valence-corrected chi connectivity index (χ1v) is 5.19. The van der Waals surface area contributed by atoms with Crippen LogP contribution in [0.4, 0.5) is 8.78 Å². The normalized spacial score (nSPS) is 23.2. The summed E-state index contributed by atoms with van der Waals surface area (Å²) >= 11 is 0. The summed E-state index contributed by atoms with van der Waals surface area (Å²) in [5, 5.41) is 8.81. The maximum absolute atomic E-state index is 13.0. The van der Waals surface area contributed by atoms with Gasteiger partial charge in [0.05, 0.1) is 5.56 Å². The Kier molecular flexibility index (Phi) is 2.66.